The van der Waals surface area contributed by atoms with E-state index in [4.69, 9.17) is 0 Å². The molecule has 2 rings (SSSR count). The Morgan fingerprint density at radius 3 is 2.45 bits per heavy atom. The zero-order valence-electron chi connectivity index (χ0n) is 14.2. The van der Waals surface area contributed by atoms with Gasteiger partial charge in [0.15, 0.2) is 0 Å². The molecule has 0 saturated heterocycles. The predicted molar refractivity (Wildman–Crippen MR) is 88.9 cm³/mol. The summed E-state index contributed by atoms with van der Waals surface area (Å²) >= 11 is 0. The minimum absolute atomic E-state index is 0.882. The smallest absolute Gasteiger partial charge is 0.00683 e. The summed E-state index contributed by atoms with van der Waals surface area (Å²) in [5, 5.41) is 3.80. The van der Waals surface area contributed by atoms with E-state index in [0.717, 1.165) is 29.7 Å². The third-order valence-corrected chi connectivity index (χ3v) is 5.55. The van der Waals surface area contributed by atoms with Gasteiger partial charge in [0, 0.05) is 6.04 Å². The lowest BCUT2D eigenvalue weighted by atomic mass is 9.70. The van der Waals surface area contributed by atoms with Crippen molar-refractivity contribution in [2.75, 3.05) is 6.54 Å². The van der Waals surface area contributed by atoms with Crippen LogP contribution >= 0.6 is 0 Å². The van der Waals surface area contributed by atoms with Crippen LogP contribution in [0.5, 0.6) is 0 Å². The first kappa shape index (κ1) is 16.3. The van der Waals surface area contributed by atoms with Crippen molar-refractivity contribution in [1.29, 1.82) is 0 Å². The molecule has 2 fully saturated rings. The minimum atomic E-state index is 0.882. The highest BCUT2D eigenvalue weighted by molar-refractivity contribution is 4.86. The Morgan fingerprint density at radius 1 is 1.00 bits per heavy atom. The van der Waals surface area contributed by atoms with Gasteiger partial charge in [0.25, 0.3) is 0 Å². The van der Waals surface area contributed by atoms with Gasteiger partial charge >= 0.3 is 0 Å². The highest BCUT2D eigenvalue weighted by Crippen LogP contribution is 2.39. The Morgan fingerprint density at radius 2 is 1.80 bits per heavy atom. The van der Waals surface area contributed by atoms with Crippen molar-refractivity contribution >= 4 is 0 Å². The summed E-state index contributed by atoms with van der Waals surface area (Å²) in [6, 6.07) is 0.889. The molecule has 0 heterocycles. The SMILES string of the molecule is CCCC1CCC(CNC2CC2)C(CCCC(C)C)C1. The third kappa shape index (κ3) is 5.76. The molecule has 2 aliphatic carbocycles. The van der Waals surface area contributed by atoms with E-state index in [1.807, 2.05) is 0 Å². The number of rotatable bonds is 9. The van der Waals surface area contributed by atoms with Gasteiger partial charge in [0.2, 0.25) is 0 Å². The molecular formula is C19H37N. The van der Waals surface area contributed by atoms with Crippen LogP contribution in [0.3, 0.4) is 0 Å². The highest BCUT2D eigenvalue weighted by atomic mass is 14.9. The van der Waals surface area contributed by atoms with E-state index in [0.29, 0.717) is 0 Å². The average molecular weight is 280 g/mol. The molecule has 0 aromatic carbocycles. The molecule has 0 radical (unpaired) electrons. The van der Waals surface area contributed by atoms with Gasteiger partial charge in [-0.1, -0.05) is 59.3 Å². The van der Waals surface area contributed by atoms with Crippen LogP contribution in [-0.2, 0) is 0 Å². The maximum absolute atomic E-state index is 3.80. The van der Waals surface area contributed by atoms with Crippen molar-refractivity contribution in [3.8, 4) is 0 Å². The lowest BCUT2D eigenvalue weighted by molar-refractivity contribution is 0.155. The van der Waals surface area contributed by atoms with Crippen molar-refractivity contribution in [3.63, 3.8) is 0 Å². The first-order valence-corrected chi connectivity index (χ1v) is 9.42. The first-order valence-electron chi connectivity index (χ1n) is 9.42. The van der Waals surface area contributed by atoms with Gasteiger partial charge in [0.05, 0.1) is 0 Å². The Hall–Kier alpha value is -0.0400. The van der Waals surface area contributed by atoms with Crippen molar-refractivity contribution in [2.24, 2.45) is 23.7 Å². The van der Waals surface area contributed by atoms with Gasteiger partial charge in [-0.2, -0.15) is 0 Å². The first-order chi connectivity index (χ1) is 9.69. The lowest BCUT2D eigenvalue weighted by Crippen LogP contribution is -2.34. The Kier molecular flexibility index (Phi) is 6.87. The van der Waals surface area contributed by atoms with Crippen LogP contribution in [0.1, 0.15) is 85.0 Å². The second kappa shape index (κ2) is 8.41. The molecule has 1 nitrogen and oxygen atoms in total. The molecule has 0 bridgehead atoms. The monoisotopic (exact) mass is 279 g/mol. The summed E-state index contributed by atoms with van der Waals surface area (Å²) in [5.74, 6) is 3.93. The summed E-state index contributed by atoms with van der Waals surface area (Å²) in [6.45, 7) is 8.41. The van der Waals surface area contributed by atoms with Crippen LogP contribution in [0.2, 0.25) is 0 Å². The predicted octanol–water partition coefficient (Wildman–Crippen LogP) is 5.40. The van der Waals surface area contributed by atoms with E-state index in [-0.39, 0.29) is 0 Å². The molecule has 118 valence electrons. The fourth-order valence-corrected chi connectivity index (χ4v) is 4.11. The van der Waals surface area contributed by atoms with E-state index < -0.39 is 0 Å². The van der Waals surface area contributed by atoms with E-state index in [9.17, 15) is 0 Å². The second-order valence-electron chi connectivity index (χ2n) is 8.00. The molecule has 0 aromatic rings. The average Bonchev–Trinajstić information content (AvgIpc) is 3.22. The summed E-state index contributed by atoms with van der Waals surface area (Å²) in [7, 11) is 0. The van der Waals surface area contributed by atoms with Crippen LogP contribution in [-0.4, -0.2) is 12.6 Å². The van der Waals surface area contributed by atoms with Gasteiger partial charge in [-0.3, -0.25) is 0 Å². The molecule has 0 amide bonds. The standard InChI is InChI=1S/C19H37N/c1-4-6-16-9-10-18(14-20-19-11-12-19)17(13-16)8-5-7-15(2)3/h15-20H,4-14H2,1-3H3. The fraction of sp³-hybridized carbons (Fsp3) is 1.00. The van der Waals surface area contributed by atoms with Crippen molar-refractivity contribution in [1.82, 2.24) is 5.32 Å². The quantitative estimate of drug-likeness (QED) is 0.596. The molecule has 2 saturated carbocycles. The number of nitrogens with one attached hydrogen (secondary N) is 1. The summed E-state index contributed by atoms with van der Waals surface area (Å²) in [5.41, 5.74) is 0. The van der Waals surface area contributed by atoms with Crippen molar-refractivity contribution in [2.45, 2.75) is 91.0 Å². The largest absolute Gasteiger partial charge is 0.314 e. The molecular weight excluding hydrogens is 242 g/mol. The maximum Gasteiger partial charge on any atom is 0.00683 e. The molecule has 0 spiro atoms. The van der Waals surface area contributed by atoms with E-state index in [1.165, 1.54) is 70.8 Å². The van der Waals surface area contributed by atoms with Crippen molar-refractivity contribution < 1.29 is 0 Å². The topological polar surface area (TPSA) is 12.0 Å². The summed E-state index contributed by atoms with van der Waals surface area (Å²) in [6.07, 6.45) is 14.6. The van der Waals surface area contributed by atoms with Gasteiger partial charge in [-0.25, -0.2) is 0 Å². The van der Waals surface area contributed by atoms with Gasteiger partial charge in [0.1, 0.15) is 0 Å². The molecule has 2 aliphatic rings. The lowest BCUT2D eigenvalue weighted by Gasteiger charge is -2.37. The summed E-state index contributed by atoms with van der Waals surface area (Å²) < 4.78 is 0. The zero-order chi connectivity index (χ0) is 14.4. The summed E-state index contributed by atoms with van der Waals surface area (Å²) in [4.78, 5) is 0. The van der Waals surface area contributed by atoms with Crippen LogP contribution < -0.4 is 5.32 Å². The zero-order valence-corrected chi connectivity index (χ0v) is 14.2. The molecule has 0 aliphatic heterocycles. The second-order valence-corrected chi connectivity index (χ2v) is 8.00. The maximum atomic E-state index is 3.80. The number of hydrogen-bond acceptors (Lipinski definition) is 1. The van der Waals surface area contributed by atoms with Crippen molar-refractivity contribution in [3.05, 3.63) is 0 Å². The van der Waals surface area contributed by atoms with Crippen LogP contribution in [0.15, 0.2) is 0 Å². The van der Waals surface area contributed by atoms with Crippen LogP contribution in [0.4, 0.5) is 0 Å². The normalized spacial score (nSPS) is 30.9. The van der Waals surface area contributed by atoms with Gasteiger partial charge < -0.3 is 5.32 Å². The van der Waals surface area contributed by atoms with Crippen LogP contribution in [0, 0.1) is 23.7 Å². The highest BCUT2D eigenvalue weighted by Gasteiger charge is 2.31. The molecule has 20 heavy (non-hydrogen) atoms. The Balaban J connectivity index is 1.76. The van der Waals surface area contributed by atoms with E-state index in [2.05, 4.69) is 26.1 Å². The molecule has 1 heteroatoms. The fourth-order valence-electron chi connectivity index (χ4n) is 4.11. The number of hydrogen-bond donors (Lipinski definition) is 1. The van der Waals surface area contributed by atoms with Crippen LogP contribution in [0.25, 0.3) is 0 Å². The minimum Gasteiger partial charge on any atom is -0.314 e. The van der Waals surface area contributed by atoms with E-state index >= 15 is 0 Å². The Labute approximate surface area is 127 Å². The Bertz CT molecular complexity index is 256. The third-order valence-electron chi connectivity index (χ3n) is 5.55. The van der Waals surface area contributed by atoms with Gasteiger partial charge in [-0.05, 0) is 55.9 Å². The van der Waals surface area contributed by atoms with E-state index in [1.54, 1.807) is 0 Å². The molecule has 3 unspecified atom stereocenters. The molecule has 1 N–H and O–H groups in total. The molecule has 3 atom stereocenters. The van der Waals surface area contributed by atoms with Gasteiger partial charge in [-0.15, -0.1) is 0 Å². The molecule has 0 aromatic heterocycles.